The van der Waals surface area contributed by atoms with Crippen LogP contribution in [-0.4, -0.2) is 31.1 Å². The lowest BCUT2D eigenvalue weighted by Crippen LogP contribution is -2.30. The molecule has 1 aliphatic rings. The van der Waals surface area contributed by atoms with Gasteiger partial charge in [0.1, 0.15) is 5.82 Å². The van der Waals surface area contributed by atoms with E-state index in [1.54, 1.807) is 0 Å². The number of ether oxygens (including phenoxy) is 1. The summed E-state index contributed by atoms with van der Waals surface area (Å²) in [7, 11) is 0. The van der Waals surface area contributed by atoms with E-state index in [1.807, 2.05) is 24.3 Å². The van der Waals surface area contributed by atoms with Crippen LogP contribution in [0, 0.1) is 5.82 Å². The van der Waals surface area contributed by atoms with Crippen LogP contribution in [-0.2, 0) is 9.53 Å². The summed E-state index contributed by atoms with van der Waals surface area (Å²) in [6, 6.07) is 10.9. The third-order valence-corrected chi connectivity index (χ3v) is 4.97. The van der Waals surface area contributed by atoms with E-state index in [2.05, 4.69) is 10.2 Å². The van der Waals surface area contributed by atoms with E-state index in [0.717, 1.165) is 30.9 Å². The van der Waals surface area contributed by atoms with E-state index in [4.69, 9.17) is 16.3 Å². The maximum Gasteiger partial charge on any atom is 0.340 e. The molecule has 0 bridgehead atoms. The molecule has 0 saturated carbocycles. The molecule has 0 spiro atoms. The second kappa shape index (κ2) is 9.06. The van der Waals surface area contributed by atoms with E-state index in [0.29, 0.717) is 5.69 Å². The molecule has 1 N–H and O–H groups in total. The lowest BCUT2D eigenvalue weighted by atomic mass is 10.1. The minimum atomic E-state index is -1.03. The first-order valence-corrected chi connectivity index (χ1v) is 9.64. The molecule has 3 rings (SSSR count). The third kappa shape index (κ3) is 5.01. The van der Waals surface area contributed by atoms with Crippen LogP contribution in [0.3, 0.4) is 0 Å². The van der Waals surface area contributed by atoms with Gasteiger partial charge < -0.3 is 15.0 Å². The maximum absolute atomic E-state index is 13.1. The van der Waals surface area contributed by atoms with E-state index in [9.17, 15) is 14.0 Å². The predicted octanol–water partition coefficient (Wildman–Crippen LogP) is 4.65. The highest BCUT2D eigenvalue weighted by Gasteiger charge is 2.21. The Morgan fingerprint density at radius 1 is 1.11 bits per heavy atom. The van der Waals surface area contributed by atoms with Crippen molar-refractivity contribution in [3.8, 4) is 0 Å². The number of amides is 1. The van der Waals surface area contributed by atoms with Gasteiger partial charge >= 0.3 is 5.97 Å². The summed E-state index contributed by atoms with van der Waals surface area (Å²) >= 11 is 5.85. The molecule has 0 radical (unpaired) electrons. The molecular formula is C21H22ClFN2O3. The Morgan fingerprint density at radius 3 is 2.43 bits per heavy atom. The Balaban J connectivity index is 1.56. The molecule has 1 aliphatic heterocycles. The molecule has 0 aromatic heterocycles. The summed E-state index contributed by atoms with van der Waals surface area (Å²) in [5, 5.41) is 2.66. The first kappa shape index (κ1) is 20.1. The average molecular weight is 405 g/mol. The molecule has 1 fully saturated rings. The molecule has 7 heteroatoms. The van der Waals surface area contributed by atoms with Crippen LogP contribution in [0.1, 0.15) is 36.5 Å². The van der Waals surface area contributed by atoms with Crippen molar-refractivity contribution in [3.05, 3.63) is 58.9 Å². The van der Waals surface area contributed by atoms with Gasteiger partial charge in [-0.2, -0.15) is 0 Å². The Bertz CT molecular complexity index is 851. The minimum Gasteiger partial charge on any atom is -0.449 e. The van der Waals surface area contributed by atoms with Crippen molar-refractivity contribution in [2.24, 2.45) is 0 Å². The quantitative estimate of drug-likeness (QED) is 0.737. The van der Waals surface area contributed by atoms with Crippen molar-refractivity contribution in [2.75, 3.05) is 23.3 Å². The summed E-state index contributed by atoms with van der Waals surface area (Å²) in [5.41, 5.74) is 1.75. The zero-order chi connectivity index (χ0) is 20.1. The number of halogens is 2. The zero-order valence-electron chi connectivity index (χ0n) is 15.6. The molecule has 1 amide bonds. The van der Waals surface area contributed by atoms with Crippen molar-refractivity contribution >= 4 is 34.9 Å². The number of anilines is 2. The molecule has 1 saturated heterocycles. The minimum absolute atomic E-state index is 0.00796. The van der Waals surface area contributed by atoms with E-state index < -0.39 is 23.8 Å². The smallest absolute Gasteiger partial charge is 0.340 e. The van der Waals surface area contributed by atoms with Gasteiger partial charge in [-0.05, 0) is 68.7 Å². The second-order valence-corrected chi connectivity index (χ2v) is 7.16. The van der Waals surface area contributed by atoms with Gasteiger partial charge in [0.15, 0.2) is 6.10 Å². The number of nitrogens with one attached hydrogen (secondary N) is 1. The van der Waals surface area contributed by atoms with Gasteiger partial charge in [0.2, 0.25) is 0 Å². The molecule has 28 heavy (non-hydrogen) atoms. The van der Waals surface area contributed by atoms with Crippen molar-refractivity contribution < 1.29 is 18.7 Å². The summed E-state index contributed by atoms with van der Waals surface area (Å²) in [5.74, 6) is -1.80. The zero-order valence-corrected chi connectivity index (χ0v) is 16.3. The molecule has 0 aliphatic carbocycles. The van der Waals surface area contributed by atoms with Crippen LogP contribution < -0.4 is 10.2 Å². The Kier molecular flexibility index (Phi) is 6.52. The number of piperidine rings is 1. The van der Waals surface area contributed by atoms with Gasteiger partial charge in [0.25, 0.3) is 5.91 Å². The number of rotatable bonds is 5. The first-order chi connectivity index (χ1) is 13.4. The Morgan fingerprint density at radius 2 is 1.79 bits per heavy atom. The number of benzene rings is 2. The summed E-state index contributed by atoms with van der Waals surface area (Å²) in [4.78, 5) is 26.8. The van der Waals surface area contributed by atoms with E-state index >= 15 is 0 Å². The van der Waals surface area contributed by atoms with Gasteiger partial charge in [0, 0.05) is 24.5 Å². The Labute approximate surface area is 168 Å². The number of carbonyl (C=O) groups is 2. The molecule has 148 valence electrons. The molecule has 2 aromatic carbocycles. The fourth-order valence-electron chi connectivity index (χ4n) is 3.08. The third-order valence-electron chi connectivity index (χ3n) is 4.66. The lowest BCUT2D eigenvalue weighted by molar-refractivity contribution is -0.123. The highest BCUT2D eigenvalue weighted by atomic mass is 35.5. The summed E-state index contributed by atoms with van der Waals surface area (Å²) in [6.45, 7) is 3.56. The second-order valence-electron chi connectivity index (χ2n) is 6.76. The van der Waals surface area contributed by atoms with Crippen LogP contribution in [0.15, 0.2) is 42.5 Å². The fourth-order valence-corrected chi connectivity index (χ4v) is 3.33. The summed E-state index contributed by atoms with van der Waals surface area (Å²) in [6.07, 6.45) is 2.62. The van der Waals surface area contributed by atoms with Gasteiger partial charge in [-0.15, -0.1) is 0 Å². The standard InChI is InChI=1S/C21H22ClFN2O3/c1-14(28-21(27)18-10-5-15(23)13-19(18)22)20(26)24-16-6-8-17(9-7-16)25-11-3-2-4-12-25/h5-10,13-14H,2-4,11-12H2,1H3,(H,24,26)/t14-/m0/s1. The van der Waals surface area contributed by atoms with Crippen LogP contribution in [0.2, 0.25) is 5.02 Å². The number of nitrogens with zero attached hydrogens (tertiary/aromatic N) is 1. The molecule has 1 atom stereocenters. The van der Waals surface area contributed by atoms with Crippen LogP contribution in [0.4, 0.5) is 15.8 Å². The lowest BCUT2D eigenvalue weighted by Gasteiger charge is -2.28. The number of carbonyl (C=O) groups excluding carboxylic acids is 2. The van der Waals surface area contributed by atoms with E-state index in [1.165, 1.54) is 32.3 Å². The number of hydrogen-bond donors (Lipinski definition) is 1. The van der Waals surface area contributed by atoms with Crippen molar-refractivity contribution in [1.29, 1.82) is 0 Å². The maximum atomic E-state index is 13.1. The van der Waals surface area contributed by atoms with Gasteiger partial charge in [-0.1, -0.05) is 11.6 Å². The highest BCUT2D eigenvalue weighted by molar-refractivity contribution is 6.33. The fraction of sp³-hybridized carbons (Fsp3) is 0.333. The van der Waals surface area contributed by atoms with Crippen molar-refractivity contribution in [1.82, 2.24) is 0 Å². The first-order valence-electron chi connectivity index (χ1n) is 9.26. The van der Waals surface area contributed by atoms with Crippen LogP contribution in [0.25, 0.3) is 0 Å². The number of hydrogen-bond acceptors (Lipinski definition) is 4. The Hall–Kier alpha value is -2.60. The summed E-state index contributed by atoms with van der Waals surface area (Å²) < 4.78 is 18.2. The molecule has 2 aromatic rings. The highest BCUT2D eigenvalue weighted by Crippen LogP contribution is 2.22. The average Bonchev–Trinajstić information content (AvgIpc) is 2.69. The van der Waals surface area contributed by atoms with Crippen molar-refractivity contribution in [2.45, 2.75) is 32.3 Å². The van der Waals surface area contributed by atoms with Gasteiger partial charge in [0.05, 0.1) is 10.6 Å². The SMILES string of the molecule is C[C@H](OC(=O)c1ccc(F)cc1Cl)C(=O)Nc1ccc(N2CCCCC2)cc1. The predicted molar refractivity (Wildman–Crippen MR) is 107 cm³/mol. The van der Waals surface area contributed by atoms with Crippen molar-refractivity contribution in [3.63, 3.8) is 0 Å². The molecular weight excluding hydrogens is 383 g/mol. The number of esters is 1. The normalized spacial score (nSPS) is 15.0. The monoisotopic (exact) mass is 404 g/mol. The molecule has 5 nitrogen and oxygen atoms in total. The molecule has 1 heterocycles. The van der Waals surface area contributed by atoms with Crippen LogP contribution in [0.5, 0.6) is 0 Å². The van der Waals surface area contributed by atoms with E-state index in [-0.39, 0.29) is 10.6 Å². The topological polar surface area (TPSA) is 58.6 Å². The largest absolute Gasteiger partial charge is 0.449 e. The van der Waals surface area contributed by atoms with Gasteiger partial charge in [-0.3, -0.25) is 4.79 Å². The molecule has 0 unspecified atom stereocenters. The van der Waals surface area contributed by atoms with Gasteiger partial charge in [-0.25, -0.2) is 9.18 Å². The van der Waals surface area contributed by atoms with Crippen LogP contribution >= 0.6 is 11.6 Å².